The lowest BCUT2D eigenvalue weighted by molar-refractivity contribution is 0.0996. The van der Waals surface area contributed by atoms with Gasteiger partial charge in [-0.2, -0.15) is 0 Å². The van der Waals surface area contributed by atoms with Gasteiger partial charge in [-0.1, -0.05) is 0 Å². The molecule has 0 aromatic heterocycles. The van der Waals surface area contributed by atoms with Crippen molar-refractivity contribution in [1.29, 1.82) is 0 Å². The van der Waals surface area contributed by atoms with E-state index in [1.165, 1.54) is 12.1 Å². The first-order valence-corrected chi connectivity index (χ1v) is 6.30. The molecule has 2 aromatic carbocycles. The molecular weight excluding hydrogens is 275 g/mol. The van der Waals surface area contributed by atoms with Crippen LogP contribution in [0.4, 0.5) is 10.1 Å². The third-order valence-corrected chi connectivity index (χ3v) is 2.66. The van der Waals surface area contributed by atoms with E-state index in [2.05, 4.69) is 0 Å². The van der Waals surface area contributed by atoms with E-state index in [4.69, 9.17) is 20.9 Å². The van der Waals surface area contributed by atoms with Crippen molar-refractivity contribution in [3.05, 3.63) is 47.8 Å². The van der Waals surface area contributed by atoms with E-state index in [0.717, 1.165) is 6.07 Å². The molecule has 2 rings (SSSR count). The first-order chi connectivity index (χ1) is 9.99. The molecule has 0 saturated heterocycles. The highest BCUT2D eigenvalue weighted by Gasteiger charge is 2.10. The van der Waals surface area contributed by atoms with Crippen molar-refractivity contribution in [3.63, 3.8) is 0 Å². The molecule has 4 N–H and O–H groups in total. The summed E-state index contributed by atoms with van der Waals surface area (Å²) < 4.78 is 24.5. The first kappa shape index (κ1) is 14.6. The molecule has 0 bridgehead atoms. The average molecular weight is 290 g/mol. The SMILES string of the molecule is CCOc1cc(N)cc(Oc2ccc(C(N)=O)c(F)c2)c1. The molecule has 0 saturated carbocycles. The quantitative estimate of drug-likeness (QED) is 0.829. The van der Waals surface area contributed by atoms with Gasteiger partial charge in [-0.3, -0.25) is 4.79 Å². The number of benzene rings is 2. The summed E-state index contributed by atoms with van der Waals surface area (Å²) in [7, 11) is 0. The second kappa shape index (κ2) is 6.13. The molecule has 0 fully saturated rings. The molecule has 2 aromatic rings. The maximum atomic E-state index is 13.7. The molecule has 0 aliphatic carbocycles. The van der Waals surface area contributed by atoms with E-state index < -0.39 is 11.7 Å². The van der Waals surface area contributed by atoms with E-state index in [-0.39, 0.29) is 11.3 Å². The number of rotatable bonds is 5. The largest absolute Gasteiger partial charge is 0.494 e. The van der Waals surface area contributed by atoms with Gasteiger partial charge >= 0.3 is 0 Å². The van der Waals surface area contributed by atoms with Gasteiger partial charge < -0.3 is 20.9 Å². The van der Waals surface area contributed by atoms with Gasteiger partial charge in [0.25, 0.3) is 5.91 Å². The standard InChI is InChI=1S/C15H15FN2O3/c1-2-20-11-5-9(17)6-12(7-11)21-10-3-4-13(15(18)19)14(16)8-10/h3-8H,2,17H2,1H3,(H2,18,19). The Morgan fingerprint density at radius 2 is 1.86 bits per heavy atom. The molecule has 0 aliphatic heterocycles. The molecule has 0 radical (unpaired) electrons. The molecule has 0 heterocycles. The van der Waals surface area contributed by atoms with E-state index >= 15 is 0 Å². The second-order valence-electron chi connectivity index (χ2n) is 4.28. The second-order valence-corrected chi connectivity index (χ2v) is 4.28. The Morgan fingerprint density at radius 3 is 2.48 bits per heavy atom. The minimum atomic E-state index is -0.832. The number of ether oxygens (including phenoxy) is 2. The van der Waals surface area contributed by atoms with Gasteiger partial charge in [-0.05, 0) is 19.1 Å². The van der Waals surface area contributed by atoms with Gasteiger partial charge in [0.2, 0.25) is 0 Å². The van der Waals surface area contributed by atoms with Crippen LogP contribution in [0.15, 0.2) is 36.4 Å². The number of hydrogen-bond donors (Lipinski definition) is 2. The molecule has 6 heteroatoms. The third-order valence-electron chi connectivity index (χ3n) is 2.66. The van der Waals surface area contributed by atoms with Gasteiger partial charge in [0.15, 0.2) is 0 Å². The summed E-state index contributed by atoms with van der Waals surface area (Å²) in [4.78, 5) is 11.0. The summed E-state index contributed by atoms with van der Waals surface area (Å²) in [6.45, 7) is 2.34. The third kappa shape index (κ3) is 3.62. The monoisotopic (exact) mass is 290 g/mol. The fraction of sp³-hybridized carbons (Fsp3) is 0.133. The number of carbonyl (C=O) groups is 1. The summed E-state index contributed by atoms with van der Waals surface area (Å²) in [5.41, 5.74) is 11.1. The summed E-state index contributed by atoms with van der Waals surface area (Å²) in [5.74, 6) is -0.382. The highest BCUT2D eigenvalue weighted by atomic mass is 19.1. The maximum Gasteiger partial charge on any atom is 0.251 e. The Balaban J connectivity index is 2.25. The number of nitrogen functional groups attached to an aromatic ring is 1. The van der Waals surface area contributed by atoms with Crippen molar-refractivity contribution >= 4 is 11.6 Å². The van der Waals surface area contributed by atoms with Crippen LogP contribution in [-0.2, 0) is 0 Å². The van der Waals surface area contributed by atoms with Crippen molar-refractivity contribution < 1.29 is 18.7 Å². The van der Waals surface area contributed by atoms with E-state index in [1.54, 1.807) is 18.2 Å². The van der Waals surface area contributed by atoms with Crippen molar-refractivity contribution in [3.8, 4) is 17.2 Å². The Hall–Kier alpha value is -2.76. The van der Waals surface area contributed by atoms with Crippen LogP contribution in [0.1, 0.15) is 17.3 Å². The number of amides is 1. The average Bonchev–Trinajstić information content (AvgIpc) is 2.37. The fourth-order valence-electron chi connectivity index (χ4n) is 1.80. The zero-order valence-corrected chi connectivity index (χ0v) is 11.4. The maximum absolute atomic E-state index is 13.7. The van der Waals surface area contributed by atoms with Crippen molar-refractivity contribution in [2.45, 2.75) is 6.92 Å². The Bertz CT molecular complexity index is 674. The van der Waals surface area contributed by atoms with Crippen LogP contribution in [0.25, 0.3) is 0 Å². The van der Waals surface area contributed by atoms with Crippen molar-refractivity contribution in [2.24, 2.45) is 5.73 Å². The topological polar surface area (TPSA) is 87.6 Å². The highest BCUT2D eigenvalue weighted by molar-refractivity contribution is 5.93. The lowest BCUT2D eigenvalue weighted by atomic mass is 10.2. The predicted molar refractivity (Wildman–Crippen MR) is 77.0 cm³/mol. The Morgan fingerprint density at radius 1 is 1.14 bits per heavy atom. The number of halogens is 1. The van der Waals surface area contributed by atoms with Crippen LogP contribution in [-0.4, -0.2) is 12.5 Å². The molecule has 0 atom stereocenters. The minimum absolute atomic E-state index is 0.190. The number of hydrogen-bond acceptors (Lipinski definition) is 4. The summed E-state index contributed by atoms with van der Waals surface area (Å²) in [5, 5.41) is 0. The number of carbonyl (C=O) groups excluding carboxylic acids is 1. The zero-order valence-electron chi connectivity index (χ0n) is 11.4. The predicted octanol–water partition coefficient (Wildman–Crippen LogP) is 2.70. The Kier molecular flexibility index (Phi) is 4.27. The van der Waals surface area contributed by atoms with E-state index in [9.17, 15) is 9.18 Å². The molecule has 0 unspecified atom stereocenters. The van der Waals surface area contributed by atoms with Crippen molar-refractivity contribution in [2.75, 3.05) is 12.3 Å². The van der Waals surface area contributed by atoms with Gasteiger partial charge in [0.1, 0.15) is 23.1 Å². The molecule has 0 spiro atoms. The first-order valence-electron chi connectivity index (χ1n) is 6.30. The van der Waals surface area contributed by atoms with Gasteiger partial charge in [-0.15, -0.1) is 0 Å². The molecule has 0 aliphatic rings. The summed E-state index contributed by atoms with van der Waals surface area (Å²) in [6.07, 6.45) is 0. The van der Waals surface area contributed by atoms with Gasteiger partial charge in [0, 0.05) is 30.0 Å². The molecule has 110 valence electrons. The fourth-order valence-corrected chi connectivity index (χ4v) is 1.80. The zero-order chi connectivity index (χ0) is 15.4. The lowest BCUT2D eigenvalue weighted by Gasteiger charge is -2.10. The van der Waals surface area contributed by atoms with Gasteiger partial charge in [0.05, 0.1) is 12.2 Å². The number of anilines is 1. The molecule has 21 heavy (non-hydrogen) atoms. The van der Waals surface area contributed by atoms with Crippen LogP contribution in [0.5, 0.6) is 17.2 Å². The van der Waals surface area contributed by atoms with Crippen molar-refractivity contribution in [1.82, 2.24) is 0 Å². The molecule has 1 amide bonds. The minimum Gasteiger partial charge on any atom is -0.494 e. The van der Waals surface area contributed by atoms with Crippen LogP contribution in [0.2, 0.25) is 0 Å². The Labute approximate surface area is 121 Å². The number of primary amides is 1. The van der Waals surface area contributed by atoms with Crippen LogP contribution in [0, 0.1) is 5.82 Å². The highest BCUT2D eigenvalue weighted by Crippen LogP contribution is 2.29. The lowest BCUT2D eigenvalue weighted by Crippen LogP contribution is -2.12. The molecular formula is C15H15FN2O3. The van der Waals surface area contributed by atoms with Crippen LogP contribution < -0.4 is 20.9 Å². The smallest absolute Gasteiger partial charge is 0.251 e. The normalized spacial score (nSPS) is 10.2. The number of nitrogens with two attached hydrogens (primary N) is 2. The van der Waals surface area contributed by atoms with Crippen LogP contribution >= 0.6 is 0 Å². The molecule has 5 nitrogen and oxygen atoms in total. The van der Waals surface area contributed by atoms with Gasteiger partial charge in [-0.25, -0.2) is 4.39 Å². The van der Waals surface area contributed by atoms with E-state index in [1.807, 2.05) is 6.92 Å². The summed E-state index contributed by atoms with van der Waals surface area (Å²) in [6, 6.07) is 8.69. The summed E-state index contributed by atoms with van der Waals surface area (Å²) >= 11 is 0. The van der Waals surface area contributed by atoms with E-state index in [0.29, 0.717) is 23.8 Å². The van der Waals surface area contributed by atoms with Crippen LogP contribution in [0.3, 0.4) is 0 Å².